The lowest BCUT2D eigenvalue weighted by Crippen LogP contribution is -2.44. The maximum Gasteiger partial charge on any atom is 0.317 e. The third kappa shape index (κ3) is 4.04. The van der Waals surface area contributed by atoms with Gasteiger partial charge in [-0.05, 0) is 43.4 Å². The molecule has 1 aliphatic carbocycles. The summed E-state index contributed by atoms with van der Waals surface area (Å²) < 4.78 is 0. The molecular formula is C18H26N4O2. The zero-order chi connectivity index (χ0) is 16.9. The van der Waals surface area contributed by atoms with E-state index < -0.39 is 0 Å². The molecule has 3 rings (SSSR count). The van der Waals surface area contributed by atoms with Crippen LogP contribution in [-0.2, 0) is 4.79 Å². The first kappa shape index (κ1) is 16.7. The van der Waals surface area contributed by atoms with Crippen LogP contribution in [0.25, 0.3) is 0 Å². The summed E-state index contributed by atoms with van der Waals surface area (Å²) in [6.45, 7) is 4.78. The minimum Gasteiger partial charge on any atom is -0.341 e. The van der Waals surface area contributed by atoms with Crippen molar-refractivity contribution < 1.29 is 9.59 Å². The summed E-state index contributed by atoms with van der Waals surface area (Å²) >= 11 is 0. The van der Waals surface area contributed by atoms with Crippen molar-refractivity contribution in [3.8, 4) is 0 Å². The van der Waals surface area contributed by atoms with Gasteiger partial charge in [0.05, 0.1) is 6.04 Å². The lowest BCUT2D eigenvalue weighted by Gasteiger charge is -2.25. The van der Waals surface area contributed by atoms with Gasteiger partial charge < -0.3 is 15.1 Å². The van der Waals surface area contributed by atoms with E-state index in [-0.39, 0.29) is 23.9 Å². The Bertz CT molecular complexity index is 574. The number of nitrogens with zero attached hydrogens (tertiary/aromatic N) is 3. The van der Waals surface area contributed by atoms with Crippen molar-refractivity contribution in [1.29, 1.82) is 0 Å². The number of carbonyl (C=O) groups is 2. The number of hydrogen-bond donors (Lipinski definition) is 1. The highest BCUT2D eigenvalue weighted by molar-refractivity contribution is 5.81. The molecule has 1 aliphatic heterocycles. The lowest BCUT2D eigenvalue weighted by atomic mass is 10.1. The molecule has 0 radical (unpaired) electrons. The fraction of sp³-hybridized carbons (Fsp3) is 0.611. The normalized spacial score (nSPS) is 19.5. The molecule has 0 bridgehead atoms. The van der Waals surface area contributed by atoms with E-state index in [1.807, 2.05) is 21.9 Å². The fourth-order valence-corrected chi connectivity index (χ4v) is 3.19. The van der Waals surface area contributed by atoms with Gasteiger partial charge in [-0.3, -0.25) is 9.78 Å². The maximum atomic E-state index is 12.6. The minimum atomic E-state index is -0.0422. The van der Waals surface area contributed by atoms with E-state index in [9.17, 15) is 9.59 Å². The molecule has 1 aromatic heterocycles. The van der Waals surface area contributed by atoms with E-state index in [0.717, 1.165) is 37.8 Å². The standard InChI is InChI=1S/C18H26N4O2/c1-2-16(14-6-8-19-9-7-14)20-18(24)22-11-3-10-21(12-13-22)17(23)15-4-5-15/h6-9,15-16H,2-5,10-13H2,1H3,(H,20,24). The second-order valence-corrected chi connectivity index (χ2v) is 6.63. The summed E-state index contributed by atoms with van der Waals surface area (Å²) in [5.41, 5.74) is 1.07. The average molecular weight is 330 g/mol. The molecule has 2 heterocycles. The molecule has 6 heteroatoms. The van der Waals surface area contributed by atoms with Crippen LogP contribution >= 0.6 is 0 Å². The average Bonchev–Trinajstić information content (AvgIpc) is 3.46. The van der Waals surface area contributed by atoms with Gasteiger partial charge >= 0.3 is 6.03 Å². The summed E-state index contributed by atoms with van der Waals surface area (Å²) in [5.74, 6) is 0.530. The number of amides is 3. The predicted molar refractivity (Wildman–Crippen MR) is 91.3 cm³/mol. The highest BCUT2D eigenvalue weighted by Crippen LogP contribution is 2.31. The zero-order valence-corrected chi connectivity index (χ0v) is 14.3. The molecule has 2 aliphatic rings. The first-order valence-corrected chi connectivity index (χ1v) is 8.93. The van der Waals surface area contributed by atoms with Gasteiger partial charge in [0.1, 0.15) is 0 Å². The Morgan fingerprint density at radius 2 is 1.83 bits per heavy atom. The van der Waals surface area contributed by atoms with Crippen molar-refractivity contribution in [3.63, 3.8) is 0 Å². The number of hydrogen-bond acceptors (Lipinski definition) is 3. The molecular weight excluding hydrogens is 304 g/mol. The molecule has 1 unspecified atom stereocenters. The van der Waals surface area contributed by atoms with Gasteiger partial charge in [-0.15, -0.1) is 0 Å². The molecule has 3 amide bonds. The molecule has 130 valence electrons. The number of urea groups is 1. The molecule has 0 aromatic carbocycles. The van der Waals surface area contributed by atoms with Crippen LogP contribution in [0, 0.1) is 5.92 Å². The van der Waals surface area contributed by atoms with E-state index >= 15 is 0 Å². The molecule has 1 aromatic rings. The zero-order valence-electron chi connectivity index (χ0n) is 14.3. The Hall–Kier alpha value is -2.11. The Kier molecular flexibility index (Phi) is 5.33. The van der Waals surface area contributed by atoms with Gasteiger partial charge in [0, 0.05) is 44.5 Å². The first-order valence-electron chi connectivity index (χ1n) is 8.93. The largest absolute Gasteiger partial charge is 0.341 e. The lowest BCUT2D eigenvalue weighted by molar-refractivity contribution is -0.132. The van der Waals surface area contributed by atoms with Crippen molar-refractivity contribution in [2.75, 3.05) is 26.2 Å². The Balaban J connectivity index is 1.55. The summed E-state index contributed by atoms with van der Waals surface area (Å²) in [6, 6.07) is 3.83. The van der Waals surface area contributed by atoms with E-state index in [2.05, 4.69) is 17.2 Å². The van der Waals surface area contributed by atoms with Crippen LogP contribution in [-0.4, -0.2) is 52.9 Å². The Morgan fingerprint density at radius 1 is 1.17 bits per heavy atom. The van der Waals surface area contributed by atoms with Crippen LogP contribution in [0.3, 0.4) is 0 Å². The maximum absolute atomic E-state index is 12.6. The number of aromatic nitrogens is 1. The highest BCUT2D eigenvalue weighted by Gasteiger charge is 2.34. The van der Waals surface area contributed by atoms with Gasteiger partial charge in [-0.2, -0.15) is 0 Å². The monoisotopic (exact) mass is 330 g/mol. The van der Waals surface area contributed by atoms with Crippen molar-refractivity contribution in [3.05, 3.63) is 30.1 Å². The minimum absolute atomic E-state index is 0.00653. The molecule has 1 saturated carbocycles. The topological polar surface area (TPSA) is 65.5 Å². The number of nitrogens with one attached hydrogen (secondary N) is 1. The predicted octanol–water partition coefficient (Wildman–Crippen LogP) is 2.19. The molecule has 0 spiro atoms. The first-order chi connectivity index (χ1) is 11.7. The quantitative estimate of drug-likeness (QED) is 0.920. The van der Waals surface area contributed by atoms with E-state index in [4.69, 9.17) is 0 Å². The molecule has 1 saturated heterocycles. The number of pyridine rings is 1. The highest BCUT2D eigenvalue weighted by atomic mass is 16.2. The van der Waals surface area contributed by atoms with Gasteiger partial charge in [0.15, 0.2) is 0 Å². The van der Waals surface area contributed by atoms with Crippen LogP contribution in [0.1, 0.15) is 44.2 Å². The molecule has 24 heavy (non-hydrogen) atoms. The third-order valence-corrected chi connectivity index (χ3v) is 4.84. The summed E-state index contributed by atoms with van der Waals surface area (Å²) in [4.78, 5) is 32.6. The Morgan fingerprint density at radius 3 is 2.50 bits per heavy atom. The van der Waals surface area contributed by atoms with Crippen molar-refractivity contribution in [1.82, 2.24) is 20.1 Å². The van der Waals surface area contributed by atoms with E-state index in [1.165, 1.54) is 0 Å². The van der Waals surface area contributed by atoms with Crippen LogP contribution in [0.4, 0.5) is 4.79 Å². The van der Waals surface area contributed by atoms with Crippen molar-refractivity contribution >= 4 is 11.9 Å². The Labute approximate surface area is 143 Å². The van der Waals surface area contributed by atoms with Crippen LogP contribution in [0.2, 0.25) is 0 Å². The van der Waals surface area contributed by atoms with Gasteiger partial charge in [0.25, 0.3) is 0 Å². The van der Waals surface area contributed by atoms with Gasteiger partial charge in [0.2, 0.25) is 5.91 Å². The van der Waals surface area contributed by atoms with Crippen LogP contribution in [0.5, 0.6) is 0 Å². The number of rotatable bonds is 4. The van der Waals surface area contributed by atoms with Gasteiger partial charge in [-0.25, -0.2) is 4.79 Å². The number of carbonyl (C=O) groups excluding carboxylic acids is 2. The summed E-state index contributed by atoms with van der Waals surface area (Å²) in [5, 5.41) is 3.12. The molecule has 2 fully saturated rings. The third-order valence-electron chi connectivity index (χ3n) is 4.84. The summed E-state index contributed by atoms with van der Waals surface area (Å²) in [6.07, 6.45) is 7.23. The molecule has 6 nitrogen and oxygen atoms in total. The summed E-state index contributed by atoms with van der Waals surface area (Å²) in [7, 11) is 0. The van der Waals surface area contributed by atoms with Gasteiger partial charge in [-0.1, -0.05) is 6.92 Å². The van der Waals surface area contributed by atoms with Crippen molar-refractivity contribution in [2.24, 2.45) is 5.92 Å². The molecule has 1 atom stereocenters. The van der Waals surface area contributed by atoms with E-state index in [1.54, 1.807) is 12.4 Å². The second-order valence-electron chi connectivity index (χ2n) is 6.63. The van der Waals surface area contributed by atoms with Crippen LogP contribution in [0.15, 0.2) is 24.5 Å². The smallest absolute Gasteiger partial charge is 0.317 e. The SMILES string of the molecule is CCC(NC(=O)N1CCCN(C(=O)C2CC2)CC1)c1ccncc1. The van der Waals surface area contributed by atoms with E-state index in [0.29, 0.717) is 19.6 Å². The second kappa shape index (κ2) is 7.64. The fourth-order valence-electron chi connectivity index (χ4n) is 3.19. The van der Waals surface area contributed by atoms with Crippen molar-refractivity contribution in [2.45, 2.75) is 38.6 Å². The molecule has 1 N–H and O–H groups in total. The van der Waals surface area contributed by atoms with Crippen LogP contribution < -0.4 is 5.32 Å².